The summed E-state index contributed by atoms with van der Waals surface area (Å²) in [6.07, 6.45) is -3.80. The molecule has 0 atom stereocenters. The molecule has 1 amide bonds. The second-order valence-electron chi connectivity index (χ2n) is 6.07. The van der Waals surface area contributed by atoms with Gasteiger partial charge in [-0.3, -0.25) is 4.79 Å². The fourth-order valence-corrected chi connectivity index (χ4v) is 3.29. The third-order valence-corrected chi connectivity index (χ3v) is 4.89. The average Bonchev–Trinajstić information content (AvgIpc) is 3.11. The van der Waals surface area contributed by atoms with E-state index in [-0.39, 0.29) is 29.7 Å². The molecule has 0 spiro atoms. The molecule has 156 valence electrons. The molecule has 12 heteroatoms. The summed E-state index contributed by atoms with van der Waals surface area (Å²) in [5.74, 6) is -0.961. The van der Waals surface area contributed by atoms with Gasteiger partial charge in [0.25, 0.3) is 5.91 Å². The molecule has 1 saturated heterocycles. The number of halogens is 5. The molecule has 2 aromatic heterocycles. The fraction of sp³-hybridized carbons (Fsp3) is 0.353. The Morgan fingerprint density at radius 2 is 1.93 bits per heavy atom. The van der Waals surface area contributed by atoms with Gasteiger partial charge >= 0.3 is 12.1 Å². The van der Waals surface area contributed by atoms with Gasteiger partial charge in [-0.25, -0.2) is 9.78 Å². The number of anilines is 1. The van der Waals surface area contributed by atoms with E-state index in [9.17, 15) is 22.8 Å². The zero-order valence-electron chi connectivity index (χ0n) is 14.7. The summed E-state index contributed by atoms with van der Waals surface area (Å²) in [6.45, 7) is 0.756. The van der Waals surface area contributed by atoms with E-state index in [0.29, 0.717) is 17.8 Å². The lowest BCUT2D eigenvalue weighted by Gasteiger charge is -2.35. The molecule has 0 N–H and O–H groups in total. The number of piperazine rings is 1. The quantitative estimate of drug-likeness (QED) is 0.602. The van der Waals surface area contributed by atoms with Crippen molar-refractivity contribution < 1.29 is 31.9 Å². The number of aromatic nitrogens is 1. The molecule has 1 fully saturated rings. The van der Waals surface area contributed by atoms with E-state index < -0.39 is 30.2 Å². The first-order valence-electron chi connectivity index (χ1n) is 8.33. The summed E-state index contributed by atoms with van der Waals surface area (Å²) >= 11 is 9.02. The maximum atomic E-state index is 12.7. The van der Waals surface area contributed by atoms with E-state index in [2.05, 4.69) is 20.9 Å². The van der Waals surface area contributed by atoms with Crippen LogP contribution in [0.4, 0.5) is 19.0 Å². The number of carbonyl (C=O) groups is 2. The Morgan fingerprint density at radius 1 is 1.24 bits per heavy atom. The van der Waals surface area contributed by atoms with E-state index in [4.69, 9.17) is 20.8 Å². The lowest BCUT2D eigenvalue weighted by molar-refractivity contribution is -0.138. The molecule has 0 unspecified atom stereocenters. The fourth-order valence-electron chi connectivity index (χ4n) is 2.70. The molecule has 29 heavy (non-hydrogen) atoms. The van der Waals surface area contributed by atoms with Crippen molar-refractivity contribution in [2.24, 2.45) is 0 Å². The Bertz CT molecular complexity index is 914. The largest absolute Gasteiger partial charge is 0.450 e. The minimum absolute atomic E-state index is 0.0301. The van der Waals surface area contributed by atoms with E-state index in [1.165, 1.54) is 17.0 Å². The van der Waals surface area contributed by atoms with Gasteiger partial charge in [0.2, 0.25) is 5.76 Å². The Kier molecular flexibility index (Phi) is 6.37. The number of nitrogens with zero attached hydrogens (tertiary/aromatic N) is 3. The molecule has 0 saturated carbocycles. The Hall–Kier alpha value is -2.27. The number of carbonyl (C=O) groups excluding carboxylic acids is 2. The predicted octanol–water partition coefficient (Wildman–Crippen LogP) is 3.61. The summed E-state index contributed by atoms with van der Waals surface area (Å²) < 4.78 is 48.5. The summed E-state index contributed by atoms with van der Waals surface area (Å²) in [5.41, 5.74) is -0.925. The Balaban J connectivity index is 1.52. The van der Waals surface area contributed by atoms with Gasteiger partial charge in [0.1, 0.15) is 5.82 Å². The summed E-state index contributed by atoms with van der Waals surface area (Å²) in [5, 5.41) is -0.113. The van der Waals surface area contributed by atoms with Crippen molar-refractivity contribution >= 4 is 45.2 Å². The zero-order chi connectivity index (χ0) is 21.2. The Labute approximate surface area is 176 Å². The molecule has 1 aliphatic rings. The van der Waals surface area contributed by atoms with Gasteiger partial charge in [0.15, 0.2) is 11.3 Å². The van der Waals surface area contributed by atoms with Crippen molar-refractivity contribution in [2.75, 3.05) is 37.7 Å². The van der Waals surface area contributed by atoms with Crippen LogP contribution in [0, 0.1) is 0 Å². The normalized spacial score (nSPS) is 14.8. The number of esters is 1. The van der Waals surface area contributed by atoms with Gasteiger partial charge in [-0.05, 0) is 34.1 Å². The maximum Gasteiger partial charge on any atom is 0.417 e. The second-order valence-corrected chi connectivity index (χ2v) is 7.26. The first kappa shape index (κ1) is 21.4. The van der Waals surface area contributed by atoms with Gasteiger partial charge in [-0.2, -0.15) is 13.2 Å². The Morgan fingerprint density at radius 3 is 2.48 bits per heavy atom. The minimum atomic E-state index is -4.52. The van der Waals surface area contributed by atoms with E-state index in [0.717, 1.165) is 12.3 Å². The molecule has 7 nitrogen and oxygen atoms in total. The van der Waals surface area contributed by atoms with Crippen LogP contribution in [0.5, 0.6) is 0 Å². The second kappa shape index (κ2) is 8.62. The molecule has 0 radical (unpaired) electrons. The highest BCUT2D eigenvalue weighted by molar-refractivity contribution is 9.10. The SMILES string of the molecule is O=C(OCC(=O)N1CCN(c2ncc(C(F)(F)F)cc2Cl)CC1)c1ccc(Br)o1. The van der Waals surface area contributed by atoms with Crippen LogP contribution in [-0.2, 0) is 15.7 Å². The molecule has 1 aliphatic heterocycles. The first-order valence-corrected chi connectivity index (χ1v) is 9.50. The van der Waals surface area contributed by atoms with E-state index in [1.807, 2.05) is 0 Å². The third kappa shape index (κ3) is 5.21. The molecule has 3 heterocycles. The number of pyridine rings is 1. The lowest BCUT2D eigenvalue weighted by Crippen LogP contribution is -2.50. The van der Waals surface area contributed by atoms with Crippen LogP contribution < -0.4 is 4.90 Å². The van der Waals surface area contributed by atoms with Crippen LogP contribution in [0.3, 0.4) is 0 Å². The number of amides is 1. The molecule has 3 rings (SSSR count). The van der Waals surface area contributed by atoms with Crippen LogP contribution in [0.15, 0.2) is 33.5 Å². The van der Waals surface area contributed by atoms with Gasteiger partial charge in [-0.1, -0.05) is 11.6 Å². The number of hydrogen-bond acceptors (Lipinski definition) is 6. The monoisotopic (exact) mass is 495 g/mol. The number of rotatable bonds is 4. The predicted molar refractivity (Wildman–Crippen MR) is 99.7 cm³/mol. The van der Waals surface area contributed by atoms with Crippen molar-refractivity contribution in [3.8, 4) is 0 Å². The van der Waals surface area contributed by atoms with Crippen molar-refractivity contribution in [1.82, 2.24) is 9.88 Å². The first-order chi connectivity index (χ1) is 13.6. The van der Waals surface area contributed by atoms with Crippen LogP contribution in [-0.4, -0.2) is 54.5 Å². The number of alkyl halides is 3. The third-order valence-electron chi connectivity index (χ3n) is 4.18. The lowest BCUT2D eigenvalue weighted by atomic mass is 10.2. The van der Waals surface area contributed by atoms with Crippen LogP contribution in [0.2, 0.25) is 5.02 Å². The number of ether oxygens (including phenoxy) is 1. The van der Waals surface area contributed by atoms with Gasteiger partial charge in [0, 0.05) is 32.4 Å². The topological polar surface area (TPSA) is 75.9 Å². The molecule has 2 aromatic rings. The highest BCUT2D eigenvalue weighted by Gasteiger charge is 2.32. The van der Waals surface area contributed by atoms with Crippen molar-refractivity contribution in [3.63, 3.8) is 0 Å². The number of furan rings is 1. The highest BCUT2D eigenvalue weighted by atomic mass is 79.9. The van der Waals surface area contributed by atoms with Gasteiger partial charge in [0.05, 0.1) is 10.6 Å². The standard InChI is InChI=1S/C17H14BrClF3N3O4/c18-13-2-1-12(29-13)16(27)28-9-14(26)24-3-5-25(6-4-24)15-11(19)7-10(8-23-15)17(20,21)22/h1-2,7-8H,3-6,9H2. The molecule has 0 bridgehead atoms. The van der Waals surface area contributed by atoms with Crippen LogP contribution >= 0.6 is 27.5 Å². The van der Waals surface area contributed by atoms with E-state index >= 15 is 0 Å². The zero-order valence-corrected chi connectivity index (χ0v) is 17.1. The van der Waals surface area contributed by atoms with E-state index in [1.54, 1.807) is 4.90 Å². The highest BCUT2D eigenvalue weighted by Crippen LogP contribution is 2.33. The van der Waals surface area contributed by atoms with Crippen LogP contribution in [0.25, 0.3) is 0 Å². The summed E-state index contributed by atoms with van der Waals surface area (Å²) in [6, 6.07) is 3.77. The molecular weight excluding hydrogens is 483 g/mol. The van der Waals surface area contributed by atoms with Crippen LogP contribution in [0.1, 0.15) is 16.1 Å². The van der Waals surface area contributed by atoms with Crippen molar-refractivity contribution in [3.05, 3.63) is 45.4 Å². The van der Waals surface area contributed by atoms with Gasteiger partial charge in [-0.15, -0.1) is 0 Å². The summed E-state index contributed by atoms with van der Waals surface area (Å²) in [7, 11) is 0. The average molecular weight is 497 g/mol. The maximum absolute atomic E-state index is 12.7. The summed E-state index contributed by atoms with van der Waals surface area (Å²) in [4.78, 5) is 31.0. The molecule has 0 aliphatic carbocycles. The van der Waals surface area contributed by atoms with Gasteiger partial charge < -0.3 is 19.0 Å². The smallest absolute Gasteiger partial charge is 0.417 e. The number of hydrogen-bond donors (Lipinski definition) is 0. The van der Waals surface area contributed by atoms with Crippen molar-refractivity contribution in [2.45, 2.75) is 6.18 Å². The minimum Gasteiger partial charge on any atom is -0.450 e. The van der Waals surface area contributed by atoms with Crippen molar-refractivity contribution in [1.29, 1.82) is 0 Å². The molecular formula is C17H14BrClF3N3O4. The molecule has 0 aromatic carbocycles.